The van der Waals surface area contributed by atoms with Gasteiger partial charge in [0, 0.05) is 6.54 Å². The molecule has 0 aliphatic heterocycles. The molecule has 1 amide bonds. The highest BCUT2D eigenvalue weighted by molar-refractivity contribution is 5.87. The number of carbonyl (C=O) groups is 1. The number of hydrogen-bond acceptors (Lipinski definition) is 1. The lowest BCUT2D eigenvalue weighted by Gasteiger charge is -2.03. The number of carbonyl (C=O) groups excluding carboxylic acids is 1. The van der Waals surface area contributed by atoms with Crippen LogP contribution in [-0.4, -0.2) is 12.5 Å². The lowest BCUT2D eigenvalue weighted by atomic mass is 10.2. The second-order valence-corrected chi connectivity index (χ2v) is 2.95. The number of amides is 1. The summed E-state index contributed by atoms with van der Waals surface area (Å²) in [5.74, 6) is 0.537. The molecule has 0 fully saturated rings. The Morgan fingerprint density at radius 1 is 1.55 bits per heavy atom. The van der Waals surface area contributed by atoms with Crippen LogP contribution in [0, 0.1) is 5.92 Å². The topological polar surface area (TPSA) is 29.1 Å². The SMILES string of the molecule is CC/C=C/C(=O)NCC(C)C. The van der Waals surface area contributed by atoms with Crippen LogP contribution in [0.3, 0.4) is 0 Å². The number of rotatable bonds is 4. The lowest BCUT2D eigenvalue weighted by molar-refractivity contribution is -0.116. The molecule has 0 rings (SSSR count). The largest absolute Gasteiger partial charge is 0.352 e. The van der Waals surface area contributed by atoms with Gasteiger partial charge in [-0.2, -0.15) is 0 Å². The fraction of sp³-hybridized carbons (Fsp3) is 0.667. The molecule has 0 saturated heterocycles. The Labute approximate surface area is 68.7 Å². The van der Waals surface area contributed by atoms with Crippen molar-refractivity contribution in [2.45, 2.75) is 27.2 Å². The number of hydrogen-bond donors (Lipinski definition) is 1. The lowest BCUT2D eigenvalue weighted by Crippen LogP contribution is -2.25. The highest BCUT2D eigenvalue weighted by atomic mass is 16.1. The summed E-state index contributed by atoms with van der Waals surface area (Å²) in [4.78, 5) is 10.9. The van der Waals surface area contributed by atoms with Crippen molar-refractivity contribution >= 4 is 5.91 Å². The number of nitrogens with one attached hydrogen (secondary N) is 1. The molecule has 0 unspecified atom stereocenters. The second kappa shape index (κ2) is 5.96. The second-order valence-electron chi connectivity index (χ2n) is 2.95. The zero-order valence-electron chi connectivity index (χ0n) is 7.55. The van der Waals surface area contributed by atoms with E-state index < -0.39 is 0 Å². The first-order valence-electron chi connectivity index (χ1n) is 4.11. The van der Waals surface area contributed by atoms with Crippen molar-refractivity contribution in [1.29, 1.82) is 0 Å². The summed E-state index contributed by atoms with van der Waals surface area (Å²) in [5.41, 5.74) is 0. The maximum atomic E-state index is 10.9. The van der Waals surface area contributed by atoms with Crippen LogP contribution in [0.4, 0.5) is 0 Å². The van der Waals surface area contributed by atoms with E-state index in [2.05, 4.69) is 19.2 Å². The number of allylic oxidation sites excluding steroid dienone is 1. The first-order valence-corrected chi connectivity index (χ1v) is 4.11. The third kappa shape index (κ3) is 7.10. The average molecular weight is 155 g/mol. The fourth-order valence-corrected chi connectivity index (χ4v) is 0.589. The highest BCUT2D eigenvalue weighted by Gasteiger charge is 1.95. The normalized spacial score (nSPS) is 10.9. The van der Waals surface area contributed by atoms with Crippen LogP contribution < -0.4 is 5.32 Å². The molecule has 0 bridgehead atoms. The Hall–Kier alpha value is -0.790. The van der Waals surface area contributed by atoms with Gasteiger partial charge in [0.2, 0.25) is 5.91 Å². The van der Waals surface area contributed by atoms with Crippen molar-refractivity contribution in [3.05, 3.63) is 12.2 Å². The Kier molecular flexibility index (Phi) is 5.53. The highest BCUT2D eigenvalue weighted by Crippen LogP contribution is 1.87. The monoisotopic (exact) mass is 155 g/mol. The quantitative estimate of drug-likeness (QED) is 0.615. The van der Waals surface area contributed by atoms with Crippen LogP contribution in [-0.2, 0) is 4.79 Å². The first-order chi connectivity index (χ1) is 5.16. The van der Waals surface area contributed by atoms with Crippen LogP contribution in [0.15, 0.2) is 12.2 Å². The van der Waals surface area contributed by atoms with Crippen LogP contribution in [0.1, 0.15) is 27.2 Å². The molecule has 64 valence electrons. The van der Waals surface area contributed by atoms with E-state index in [4.69, 9.17) is 0 Å². The molecule has 0 aliphatic carbocycles. The van der Waals surface area contributed by atoms with Crippen molar-refractivity contribution in [3.63, 3.8) is 0 Å². The van der Waals surface area contributed by atoms with Gasteiger partial charge < -0.3 is 5.32 Å². The van der Waals surface area contributed by atoms with Gasteiger partial charge in [-0.15, -0.1) is 0 Å². The summed E-state index contributed by atoms with van der Waals surface area (Å²) in [5, 5.41) is 2.79. The van der Waals surface area contributed by atoms with Gasteiger partial charge in [0.15, 0.2) is 0 Å². The van der Waals surface area contributed by atoms with Gasteiger partial charge in [-0.05, 0) is 18.4 Å². The van der Waals surface area contributed by atoms with Crippen LogP contribution >= 0.6 is 0 Å². The maximum absolute atomic E-state index is 10.9. The summed E-state index contributed by atoms with van der Waals surface area (Å²) in [6.45, 7) is 6.91. The Balaban J connectivity index is 3.45. The molecule has 0 saturated carbocycles. The van der Waals surface area contributed by atoms with E-state index >= 15 is 0 Å². The van der Waals surface area contributed by atoms with Crippen molar-refractivity contribution in [3.8, 4) is 0 Å². The first kappa shape index (κ1) is 10.2. The predicted molar refractivity (Wildman–Crippen MR) is 47.3 cm³/mol. The van der Waals surface area contributed by atoms with Gasteiger partial charge in [-0.25, -0.2) is 0 Å². The van der Waals surface area contributed by atoms with Crippen LogP contribution in [0.5, 0.6) is 0 Å². The summed E-state index contributed by atoms with van der Waals surface area (Å²) >= 11 is 0. The zero-order chi connectivity index (χ0) is 8.69. The molecule has 0 aromatic heterocycles. The Bertz CT molecular complexity index is 138. The summed E-state index contributed by atoms with van der Waals surface area (Å²) in [6.07, 6.45) is 4.35. The average Bonchev–Trinajstić information content (AvgIpc) is 1.97. The van der Waals surface area contributed by atoms with Crippen LogP contribution in [0.2, 0.25) is 0 Å². The zero-order valence-corrected chi connectivity index (χ0v) is 7.55. The van der Waals surface area contributed by atoms with Gasteiger partial charge >= 0.3 is 0 Å². The summed E-state index contributed by atoms with van der Waals surface area (Å²) in [7, 11) is 0. The summed E-state index contributed by atoms with van der Waals surface area (Å²) < 4.78 is 0. The molecular weight excluding hydrogens is 138 g/mol. The standard InChI is InChI=1S/C9H17NO/c1-4-5-6-9(11)10-7-8(2)3/h5-6,8H,4,7H2,1-3H3,(H,10,11)/b6-5+. The molecule has 11 heavy (non-hydrogen) atoms. The minimum Gasteiger partial charge on any atom is -0.352 e. The minimum absolute atomic E-state index is 0.0144. The Morgan fingerprint density at radius 3 is 2.64 bits per heavy atom. The fourth-order valence-electron chi connectivity index (χ4n) is 0.589. The molecule has 0 atom stereocenters. The van der Waals surface area contributed by atoms with Gasteiger partial charge in [0.25, 0.3) is 0 Å². The van der Waals surface area contributed by atoms with Crippen molar-refractivity contribution < 1.29 is 4.79 Å². The molecule has 0 aliphatic rings. The van der Waals surface area contributed by atoms with E-state index in [9.17, 15) is 4.79 Å². The van der Waals surface area contributed by atoms with Gasteiger partial charge in [-0.3, -0.25) is 4.79 Å². The van der Waals surface area contributed by atoms with Crippen molar-refractivity contribution in [2.75, 3.05) is 6.54 Å². The molecular formula is C9H17NO. The smallest absolute Gasteiger partial charge is 0.243 e. The minimum atomic E-state index is 0.0144. The van der Waals surface area contributed by atoms with E-state index in [1.807, 2.05) is 13.0 Å². The van der Waals surface area contributed by atoms with Crippen molar-refractivity contribution in [2.24, 2.45) is 5.92 Å². The van der Waals surface area contributed by atoms with Gasteiger partial charge in [0.05, 0.1) is 0 Å². The van der Waals surface area contributed by atoms with Crippen molar-refractivity contribution in [1.82, 2.24) is 5.32 Å². The molecule has 0 radical (unpaired) electrons. The molecule has 0 spiro atoms. The third-order valence-electron chi connectivity index (χ3n) is 1.19. The molecule has 0 heterocycles. The molecule has 0 aromatic carbocycles. The Morgan fingerprint density at radius 2 is 2.18 bits per heavy atom. The molecule has 2 heteroatoms. The van der Waals surface area contributed by atoms with E-state index in [0.717, 1.165) is 13.0 Å². The van der Waals surface area contributed by atoms with Gasteiger partial charge in [-0.1, -0.05) is 26.8 Å². The van der Waals surface area contributed by atoms with Gasteiger partial charge in [0.1, 0.15) is 0 Å². The van der Waals surface area contributed by atoms with Crippen LogP contribution in [0.25, 0.3) is 0 Å². The predicted octanol–water partition coefficient (Wildman–Crippen LogP) is 1.72. The maximum Gasteiger partial charge on any atom is 0.243 e. The van der Waals surface area contributed by atoms with E-state index in [1.165, 1.54) is 0 Å². The van der Waals surface area contributed by atoms with E-state index in [1.54, 1.807) is 6.08 Å². The van der Waals surface area contributed by atoms with E-state index in [-0.39, 0.29) is 5.91 Å². The molecule has 1 N–H and O–H groups in total. The molecule has 0 aromatic rings. The molecule has 2 nitrogen and oxygen atoms in total. The summed E-state index contributed by atoms with van der Waals surface area (Å²) in [6, 6.07) is 0. The third-order valence-corrected chi connectivity index (χ3v) is 1.19. The van der Waals surface area contributed by atoms with E-state index in [0.29, 0.717) is 5.92 Å².